The SMILES string of the molecule is C#Cc1c(N)c(C)cc(C(=O)OC)c1C(F)(F)F. The lowest BCUT2D eigenvalue weighted by Crippen LogP contribution is -2.18. The van der Waals surface area contributed by atoms with Crippen molar-refractivity contribution in [1.29, 1.82) is 0 Å². The Labute approximate surface area is 102 Å². The van der Waals surface area contributed by atoms with Crippen LogP contribution in [0.2, 0.25) is 0 Å². The number of alkyl halides is 3. The summed E-state index contributed by atoms with van der Waals surface area (Å²) in [5.41, 5.74) is 3.22. The van der Waals surface area contributed by atoms with Crippen molar-refractivity contribution in [1.82, 2.24) is 0 Å². The van der Waals surface area contributed by atoms with Crippen molar-refractivity contribution in [2.24, 2.45) is 0 Å². The Bertz CT molecular complexity index is 542. The molecule has 2 N–H and O–H groups in total. The molecule has 1 rings (SSSR count). The molecule has 0 aliphatic carbocycles. The Morgan fingerprint density at radius 1 is 1.50 bits per heavy atom. The number of rotatable bonds is 1. The number of halogens is 3. The molecule has 0 atom stereocenters. The Kier molecular flexibility index (Phi) is 3.56. The van der Waals surface area contributed by atoms with Gasteiger partial charge in [0.15, 0.2) is 0 Å². The van der Waals surface area contributed by atoms with E-state index in [1.807, 2.05) is 5.92 Å². The topological polar surface area (TPSA) is 52.3 Å². The molecule has 0 aromatic heterocycles. The minimum Gasteiger partial charge on any atom is -0.465 e. The lowest BCUT2D eigenvalue weighted by Gasteiger charge is -2.16. The summed E-state index contributed by atoms with van der Waals surface area (Å²) in [7, 11) is 0.990. The van der Waals surface area contributed by atoms with Crippen molar-refractivity contribution in [3.63, 3.8) is 0 Å². The molecule has 0 aliphatic heterocycles. The van der Waals surface area contributed by atoms with Gasteiger partial charge >= 0.3 is 12.1 Å². The van der Waals surface area contributed by atoms with Crippen LogP contribution in [-0.4, -0.2) is 13.1 Å². The summed E-state index contributed by atoms with van der Waals surface area (Å²) in [5, 5.41) is 0. The first-order valence-corrected chi connectivity index (χ1v) is 4.79. The first-order valence-electron chi connectivity index (χ1n) is 4.79. The first-order chi connectivity index (χ1) is 8.23. The van der Waals surface area contributed by atoms with E-state index in [-0.39, 0.29) is 11.3 Å². The van der Waals surface area contributed by atoms with Crippen LogP contribution in [0, 0.1) is 19.3 Å². The van der Waals surface area contributed by atoms with Gasteiger partial charge in [-0.2, -0.15) is 13.2 Å². The third kappa shape index (κ3) is 2.25. The number of nitrogens with two attached hydrogens (primary N) is 1. The maximum Gasteiger partial charge on any atom is 0.418 e. The second kappa shape index (κ2) is 4.61. The van der Waals surface area contributed by atoms with E-state index in [2.05, 4.69) is 4.74 Å². The highest BCUT2D eigenvalue weighted by Crippen LogP contribution is 2.38. The molecule has 0 spiro atoms. The predicted octanol–water partition coefficient (Wildman–Crippen LogP) is 2.36. The fraction of sp³-hybridized carbons (Fsp3) is 0.250. The molecule has 0 fully saturated rings. The Morgan fingerprint density at radius 2 is 2.06 bits per heavy atom. The van der Waals surface area contributed by atoms with Crippen molar-refractivity contribution in [3.05, 3.63) is 28.3 Å². The van der Waals surface area contributed by atoms with Gasteiger partial charge in [0, 0.05) is 0 Å². The van der Waals surface area contributed by atoms with Crippen LogP contribution >= 0.6 is 0 Å². The van der Waals surface area contributed by atoms with E-state index in [1.54, 1.807) is 0 Å². The van der Waals surface area contributed by atoms with Crippen LogP contribution < -0.4 is 5.73 Å². The average Bonchev–Trinajstić information content (AvgIpc) is 2.29. The number of hydrogen-bond donors (Lipinski definition) is 1. The second-order valence-corrected chi connectivity index (χ2v) is 3.54. The van der Waals surface area contributed by atoms with Crippen LogP contribution in [0.1, 0.15) is 27.0 Å². The van der Waals surface area contributed by atoms with E-state index in [0.29, 0.717) is 0 Å². The summed E-state index contributed by atoms with van der Waals surface area (Å²) in [4.78, 5) is 11.4. The van der Waals surface area contributed by atoms with Crippen LogP contribution in [0.15, 0.2) is 6.07 Å². The van der Waals surface area contributed by atoms with E-state index in [9.17, 15) is 18.0 Å². The van der Waals surface area contributed by atoms with Crippen molar-refractivity contribution in [3.8, 4) is 12.3 Å². The molecule has 0 saturated heterocycles. The predicted molar refractivity (Wildman–Crippen MR) is 59.9 cm³/mol. The summed E-state index contributed by atoms with van der Waals surface area (Å²) in [6.45, 7) is 1.46. The van der Waals surface area contributed by atoms with Gasteiger partial charge in [-0.15, -0.1) is 6.42 Å². The molecule has 18 heavy (non-hydrogen) atoms. The highest BCUT2D eigenvalue weighted by Gasteiger charge is 2.39. The number of nitrogen functional groups attached to an aromatic ring is 1. The number of methoxy groups -OCH3 is 1. The molecule has 1 aromatic rings. The van der Waals surface area contributed by atoms with Crippen LogP contribution in [0.25, 0.3) is 0 Å². The van der Waals surface area contributed by atoms with Gasteiger partial charge in [0.2, 0.25) is 0 Å². The van der Waals surface area contributed by atoms with Gasteiger partial charge in [-0.1, -0.05) is 5.92 Å². The molecular weight excluding hydrogens is 247 g/mol. The number of esters is 1. The van der Waals surface area contributed by atoms with Gasteiger partial charge in [0.25, 0.3) is 0 Å². The van der Waals surface area contributed by atoms with Crippen LogP contribution in [-0.2, 0) is 10.9 Å². The number of terminal acetylenes is 1. The largest absolute Gasteiger partial charge is 0.465 e. The van der Waals surface area contributed by atoms with E-state index in [1.165, 1.54) is 6.92 Å². The Morgan fingerprint density at radius 3 is 2.44 bits per heavy atom. The molecule has 0 radical (unpaired) electrons. The third-order valence-electron chi connectivity index (χ3n) is 2.41. The standard InChI is InChI=1S/C12H10F3NO2/c1-4-7-9(12(13,14)15)8(11(17)18-3)5-6(2)10(7)16/h1,5H,16H2,2-3H3. The zero-order chi connectivity index (χ0) is 14.1. The molecule has 0 bridgehead atoms. The maximum absolute atomic E-state index is 12.9. The van der Waals surface area contributed by atoms with E-state index in [0.717, 1.165) is 13.2 Å². The van der Waals surface area contributed by atoms with Crippen molar-refractivity contribution in [2.75, 3.05) is 12.8 Å². The lowest BCUT2D eigenvalue weighted by atomic mass is 9.95. The quantitative estimate of drug-likeness (QED) is 0.477. The zero-order valence-corrected chi connectivity index (χ0v) is 9.68. The van der Waals surface area contributed by atoms with Gasteiger partial charge in [-0.05, 0) is 18.6 Å². The normalized spacial score (nSPS) is 10.9. The number of carbonyl (C=O) groups is 1. The number of ether oxygens (including phenoxy) is 1. The van der Waals surface area contributed by atoms with Crippen LogP contribution in [0.5, 0.6) is 0 Å². The smallest absolute Gasteiger partial charge is 0.418 e. The summed E-state index contributed by atoms with van der Waals surface area (Å²) < 4.78 is 43.2. The zero-order valence-electron chi connectivity index (χ0n) is 9.68. The summed E-state index contributed by atoms with van der Waals surface area (Å²) in [5.74, 6) is 0.768. The molecule has 0 heterocycles. The van der Waals surface area contributed by atoms with Crippen molar-refractivity contribution < 1.29 is 22.7 Å². The average molecular weight is 257 g/mol. The van der Waals surface area contributed by atoms with Crippen LogP contribution in [0.4, 0.5) is 18.9 Å². The first kappa shape index (κ1) is 13.9. The molecule has 1 aromatic carbocycles. The van der Waals surface area contributed by atoms with Gasteiger partial charge in [0.05, 0.1) is 29.5 Å². The number of carbonyl (C=O) groups excluding carboxylic acids is 1. The van der Waals surface area contributed by atoms with Gasteiger partial charge in [-0.3, -0.25) is 0 Å². The molecule has 0 amide bonds. The highest BCUT2D eigenvalue weighted by molar-refractivity contribution is 5.93. The minimum atomic E-state index is -4.78. The summed E-state index contributed by atoms with van der Waals surface area (Å²) in [6, 6.07) is 1.02. The van der Waals surface area contributed by atoms with E-state index in [4.69, 9.17) is 12.2 Å². The Hall–Kier alpha value is -2.16. The molecule has 3 nitrogen and oxygen atoms in total. The molecule has 0 unspecified atom stereocenters. The van der Waals surface area contributed by atoms with Gasteiger partial charge in [-0.25, -0.2) is 4.79 Å². The maximum atomic E-state index is 12.9. The summed E-state index contributed by atoms with van der Waals surface area (Å²) in [6.07, 6.45) is 0.261. The van der Waals surface area contributed by atoms with Gasteiger partial charge < -0.3 is 10.5 Å². The number of benzene rings is 1. The Balaban J connectivity index is 3.78. The highest BCUT2D eigenvalue weighted by atomic mass is 19.4. The van der Waals surface area contributed by atoms with Crippen molar-refractivity contribution in [2.45, 2.75) is 13.1 Å². The second-order valence-electron chi connectivity index (χ2n) is 3.54. The van der Waals surface area contributed by atoms with Crippen LogP contribution in [0.3, 0.4) is 0 Å². The molecule has 6 heteroatoms. The van der Waals surface area contributed by atoms with Crippen molar-refractivity contribution >= 4 is 11.7 Å². The molecule has 0 aliphatic rings. The minimum absolute atomic E-state index is 0.169. The monoisotopic (exact) mass is 257 g/mol. The number of hydrogen-bond acceptors (Lipinski definition) is 3. The number of anilines is 1. The van der Waals surface area contributed by atoms with E-state index < -0.39 is 28.8 Å². The molecule has 96 valence electrons. The fourth-order valence-corrected chi connectivity index (χ4v) is 1.55. The lowest BCUT2D eigenvalue weighted by molar-refractivity contribution is -0.138. The third-order valence-corrected chi connectivity index (χ3v) is 2.41. The summed E-state index contributed by atoms with van der Waals surface area (Å²) >= 11 is 0. The van der Waals surface area contributed by atoms with E-state index >= 15 is 0 Å². The molecule has 0 saturated carbocycles. The number of aryl methyl sites for hydroxylation is 1. The molecular formula is C12H10F3NO2. The van der Waals surface area contributed by atoms with Gasteiger partial charge in [0.1, 0.15) is 0 Å². The fourth-order valence-electron chi connectivity index (χ4n) is 1.55.